The van der Waals surface area contributed by atoms with Gasteiger partial charge in [-0.1, -0.05) is 32.1 Å². The summed E-state index contributed by atoms with van der Waals surface area (Å²) in [6.45, 7) is 7.34. The number of guanidine groups is 1. The van der Waals surface area contributed by atoms with E-state index in [-0.39, 0.29) is 12.1 Å². The van der Waals surface area contributed by atoms with Crippen molar-refractivity contribution in [3.05, 3.63) is 0 Å². The molecule has 0 aromatic heterocycles. The van der Waals surface area contributed by atoms with E-state index in [1.807, 2.05) is 0 Å². The van der Waals surface area contributed by atoms with Gasteiger partial charge in [0.25, 0.3) is 0 Å². The van der Waals surface area contributed by atoms with Crippen molar-refractivity contribution in [3.8, 4) is 0 Å². The van der Waals surface area contributed by atoms with Crippen LogP contribution in [-0.2, 0) is 9.47 Å². The van der Waals surface area contributed by atoms with Gasteiger partial charge >= 0.3 is 0 Å². The number of nitrogens with one attached hydrogen (secondary N) is 2. The minimum atomic E-state index is 0.260. The first-order valence-corrected chi connectivity index (χ1v) is 10.0. The van der Waals surface area contributed by atoms with Gasteiger partial charge in [-0.3, -0.25) is 4.99 Å². The maximum Gasteiger partial charge on any atom is 0.191 e. The van der Waals surface area contributed by atoms with Crippen molar-refractivity contribution in [2.24, 2.45) is 16.8 Å². The Balaban J connectivity index is 1.39. The fourth-order valence-electron chi connectivity index (χ4n) is 4.13. The van der Waals surface area contributed by atoms with Gasteiger partial charge in [-0.2, -0.15) is 0 Å². The van der Waals surface area contributed by atoms with Crippen molar-refractivity contribution >= 4 is 5.96 Å². The maximum absolute atomic E-state index is 5.91. The van der Waals surface area contributed by atoms with E-state index in [9.17, 15) is 0 Å². The van der Waals surface area contributed by atoms with Crippen LogP contribution in [0.2, 0.25) is 0 Å². The fraction of sp³-hybridized carbons (Fsp3) is 0.947. The second-order valence-corrected chi connectivity index (χ2v) is 7.74. The fourth-order valence-corrected chi connectivity index (χ4v) is 4.13. The number of hydrogen-bond donors (Lipinski definition) is 2. The summed E-state index contributed by atoms with van der Waals surface area (Å²) in [6, 6.07) is 0.887. The first kappa shape index (κ1) is 18.0. The molecular weight excluding hydrogens is 302 g/mol. The van der Waals surface area contributed by atoms with Gasteiger partial charge in [0.15, 0.2) is 5.96 Å². The first-order chi connectivity index (χ1) is 11.8. The van der Waals surface area contributed by atoms with Crippen LogP contribution in [0.15, 0.2) is 4.99 Å². The lowest BCUT2D eigenvalue weighted by molar-refractivity contribution is 0.0347. The average molecular weight is 338 g/mol. The Bertz CT molecular complexity index is 403. The summed E-state index contributed by atoms with van der Waals surface area (Å²) in [5, 5.41) is 7.17. The van der Waals surface area contributed by atoms with Gasteiger partial charge in [0.05, 0.1) is 19.3 Å². The summed E-state index contributed by atoms with van der Waals surface area (Å²) in [5.41, 5.74) is 0. The largest absolute Gasteiger partial charge is 0.379 e. The normalized spacial score (nSPS) is 32.6. The highest BCUT2D eigenvalue weighted by atomic mass is 16.5. The van der Waals surface area contributed by atoms with Gasteiger partial charge in [-0.25, -0.2) is 0 Å². The van der Waals surface area contributed by atoms with Crippen LogP contribution in [0.25, 0.3) is 0 Å². The molecule has 2 N–H and O–H groups in total. The van der Waals surface area contributed by atoms with Crippen molar-refractivity contribution in [1.82, 2.24) is 10.6 Å². The van der Waals surface area contributed by atoms with E-state index in [2.05, 4.69) is 29.5 Å². The van der Waals surface area contributed by atoms with Crippen molar-refractivity contribution in [1.29, 1.82) is 0 Å². The third kappa shape index (κ3) is 5.35. The second-order valence-electron chi connectivity index (χ2n) is 7.74. The van der Waals surface area contributed by atoms with E-state index in [0.29, 0.717) is 12.6 Å². The molecule has 0 bridgehead atoms. The molecule has 3 aliphatic rings. The van der Waals surface area contributed by atoms with E-state index >= 15 is 0 Å². The predicted molar refractivity (Wildman–Crippen MR) is 97.4 cm³/mol. The topological polar surface area (TPSA) is 54.9 Å². The molecule has 2 aliphatic carbocycles. The Morgan fingerprint density at radius 1 is 1.25 bits per heavy atom. The summed E-state index contributed by atoms with van der Waals surface area (Å²) in [6.07, 6.45) is 9.78. The lowest BCUT2D eigenvalue weighted by Gasteiger charge is -2.23. The Hall–Kier alpha value is -0.810. The molecule has 4 atom stereocenters. The van der Waals surface area contributed by atoms with Crippen LogP contribution in [0.4, 0.5) is 0 Å². The van der Waals surface area contributed by atoms with Gasteiger partial charge in [0.2, 0.25) is 0 Å². The molecule has 1 saturated heterocycles. The van der Waals surface area contributed by atoms with Gasteiger partial charge in [-0.05, 0) is 38.5 Å². The van der Waals surface area contributed by atoms with Gasteiger partial charge in [0, 0.05) is 25.2 Å². The van der Waals surface area contributed by atoms with E-state index in [1.54, 1.807) is 0 Å². The third-order valence-electron chi connectivity index (χ3n) is 5.59. The third-order valence-corrected chi connectivity index (χ3v) is 5.59. The minimum Gasteiger partial charge on any atom is -0.379 e. The molecule has 1 aliphatic heterocycles. The van der Waals surface area contributed by atoms with Crippen LogP contribution >= 0.6 is 0 Å². The zero-order valence-electron chi connectivity index (χ0n) is 15.4. The summed E-state index contributed by atoms with van der Waals surface area (Å²) in [5.74, 6) is 2.78. The van der Waals surface area contributed by atoms with Crippen LogP contribution in [-0.4, -0.2) is 50.5 Å². The van der Waals surface area contributed by atoms with Gasteiger partial charge in [0.1, 0.15) is 0 Å². The first-order valence-electron chi connectivity index (χ1n) is 10.0. The molecule has 4 unspecified atom stereocenters. The summed E-state index contributed by atoms with van der Waals surface area (Å²) < 4.78 is 11.3. The minimum absolute atomic E-state index is 0.260. The highest BCUT2D eigenvalue weighted by molar-refractivity contribution is 5.80. The van der Waals surface area contributed by atoms with E-state index in [1.165, 1.54) is 38.5 Å². The molecular formula is C19H35N3O2. The average Bonchev–Trinajstić information content (AvgIpc) is 3.15. The van der Waals surface area contributed by atoms with Gasteiger partial charge < -0.3 is 20.1 Å². The van der Waals surface area contributed by atoms with Crippen molar-refractivity contribution in [2.75, 3.05) is 26.4 Å². The predicted octanol–water partition coefficient (Wildman–Crippen LogP) is 2.70. The second kappa shape index (κ2) is 9.04. The Labute approximate surface area is 147 Å². The highest BCUT2D eigenvalue weighted by Gasteiger charge is 2.43. The standard InChI is InChI=1S/C19H35N3O2/c1-3-20-19(21-14(2)12-24-16-9-10-23-13-16)22-18-11-17(18)15-7-5-4-6-8-15/h14-18H,3-13H2,1-2H3,(H2,20,21,22). The van der Waals surface area contributed by atoms with Crippen LogP contribution in [0.3, 0.4) is 0 Å². The molecule has 5 nitrogen and oxygen atoms in total. The van der Waals surface area contributed by atoms with Crippen LogP contribution < -0.4 is 10.6 Å². The molecule has 2 saturated carbocycles. The van der Waals surface area contributed by atoms with E-state index in [4.69, 9.17) is 9.47 Å². The van der Waals surface area contributed by atoms with Crippen molar-refractivity contribution < 1.29 is 9.47 Å². The number of ether oxygens (including phenoxy) is 2. The molecule has 0 radical (unpaired) electrons. The molecule has 0 aromatic carbocycles. The lowest BCUT2D eigenvalue weighted by atomic mass is 9.85. The number of aliphatic imine (C=N–C) groups is 1. The van der Waals surface area contributed by atoms with E-state index < -0.39 is 0 Å². The zero-order chi connectivity index (χ0) is 16.8. The number of rotatable bonds is 7. The molecule has 0 spiro atoms. The van der Waals surface area contributed by atoms with Crippen LogP contribution in [0, 0.1) is 11.8 Å². The zero-order valence-corrected chi connectivity index (χ0v) is 15.4. The van der Waals surface area contributed by atoms with Crippen molar-refractivity contribution in [3.63, 3.8) is 0 Å². The van der Waals surface area contributed by atoms with Crippen molar-refractivity contribution in [2.45, 2.75) is 77.0 Å². The monoisotopic (exact) mass is 337 g/mol. The molecule has 24 heavy (non-hydrogen) atoms. The smallest absolute Gasteiger partial charge is 0.191 e. The molecule has 1 heterocycles. The summed E-state index contributed by atoms with van der Waals surface area (Å²) >= 11 is 0. The quantitative estimate of drug-likeness (QED) is 0.554. The highest BCUT2D eigenvalue weighted by Crippen LogP contribution is 2.44. The molecule has 0 aromatic rings. The molecule has 138 valence electrons. The number of hydrogen-bond acceptors (Lipinski definition) is 3. The number of nitrogens with zero attached hydrogens (tertiary/aromatic N) is 1. The Morgan fingerprint density at radius 3 is 2.79 bits per heavy atom. The van der Waals surface area contributed by atoms with Crippen LogP contribution in [0.5, 0.6) is 0 Å². The Kier molecular flexibility index (Phi) is 6.78. The maximum atomic E-state index is 5.91. The summed E-state index contributed by atoms with van der Waals surface area (Å²) in [7, 11) is 0. The molecule has 3 rings (SSSR count). The molecule has 0 amide bonds. The Morgan fingerprint density at radius 2 is 2.08 bits per heavy atom. The van der Waals surface area contributed by atoms with Gasteiger partial charge in [-0.15, -0.1) is 0 Å². The molecule has 3 fully saturated rings. The van der Waals surface area contributed by atoms with Crippen LogP contribution in [0.1, 0.15) is 58.8 Å². The summed E-state index contributed by atoms with van der Waals surface area (Å²) in [4.78, 5) is 4.62. The van der Waals surface area contributed by atoms with E-state index in [0.717, 1.165) is 44.0 Å². The molecule has 5 heteroatoms. The lowest BCUT2D eigenvalue weighted by Crippen LogP contribution is -2.46. The SMILES string of the molecule is CCN=C(NC(C)COC1CCOC1)NC1CC1C1CCCCC1.